The van der Waals surface area contributed by atoms with Gasteiger partial charge < -0.3 is 14.6 Å². The summed E-state index contributed by atoms with van der Waals surface area (Å²) in [4.78, 5) is 28.3. The fourth-order valence-electron chi connectivity index (χ4n) is 3.52. The van der Waals surface area contributed by atoms with Crippen molar-refractivity contribution in [2.45, 2.75) is 38.6 Å². The molecule has 0 saturated carbocycles. The van der Waals surface area contributed by atoms with E-state index in [0.29, 0.717) is 18.1 Å². The number of hydrogen-bond donors (Lipinski definition) is 1. The fourth-order valence-corrected chi connectivity index (χ4v) is 4.46. The van der Waals surface area contributed by atoms with Crippen molar-refractivity contribution in [2.24, 2.45) is 5.92 Å². The molecule has 0 unspecified atom stereocenters. The molecule has 27 heavy (non-hydrogen) atoms. The maximum Gasteiger partial charge on any atom is 0.228 e. The number of nitrogens with one attached hydrogen (secondary N) is 1. The lowest BCUT2D eigenvalue weighted by Crippen LogP contribution is -2.40. The summed E-state index contributed by atoms with van der Waals surface area (Å²) in [5, 5.41) is 13.0. The van der Waals surface area contributed by atoms with Crippen LogP contribution in [0, 0.1) is 5.92 Å². The molecule has 0 bridgehead atoms. The highest BCUT2D eigenvalue weighted by Crippen LogP contribution is 2.31. The van der Waals surface area contributed by atoms with E-state index in [1.54, 1.807) is 11.2 Å². The van der Waals surface area contributed by atoms with E-state index < -0.39 is 0 Å². The Hall–Kier alpha value is -2.42. The van der Waals surface area contributed by atoms with Gasteiger partial charge in [0.05, 0.1) is 12.8 Å². The highest BCUT2D eigenvalue weighted by Gasteiger charge is 2.28. The molecular formula is C18H23N5O3S. The van der Waals surface area contributed by atoms with Gasteiger partial charge in [0.2, 0.25) is 22.1 Å². The molecule has 4 heterocycles. The zero-order valence-corrected chi connectivity index (χ0v) is 15.9. The predicted octanol–water partition coefficient (Wildman–Crippen LogP) is 2.18. The molecule has 8 nitrogen and oxygen atoms in total. The minimum atomic E-state index is 0.00674. The van der Waals surface area contributed by atoms with Gasteiger partial charge in [-0.25, -0.2) is 0 Å². The monoisotopic (exact) mass is 389 g/mol. The lowest BCUT2D eigenvalue weighted by atomic mass is 9.96. The van der Waals surface area contributed by atoms with Crippen molar-refractivity contribution < 1.29 is 14.0 Å². The molecule has 0 spiro atoms. The highest BCUT2D eigenvalue weighted by molar-refractivity contribution is 7.19. The summed E-state index contributed by atoms with van der Waals surface area (Å²) in [5.74, 6) is 0.973. The Bertz CT molecular complexity index is 783. The van der Waals surface area contributed by atoms with Crippen LogP contribution in [0.25, 0.3) is 0 Å². The Balaban J connectivity index is 1.29. The standard InChI is InChI=1S/C18H23N5O3S/c24-15-5-1-2-8-23(15)18-21-20-17(27-18)22-9-6-13(7-10-22)16(25)19-12-14-4-3-11-26-14/h3-4,11,13H,1-2,5-10,12H2,(H,19,25). The van der Waals surface area contributed by atoms with Crippen molar-refractivity contribution in [1.82, 2.24) is 15.5 Å². The average Bonchev–Trinajstić information content (AvgIpc) is 3.39. The second-order valence-corrected chi connectivity index (χ2v) is 7.86. The summed E-state index contributed by atoms with van der Waals surface area (Å²) in [6.45, 7) is 2.68. The van der Waals surface area contributed by atoms with Gasteiger partial charge >= 0.3 is 0 Å². The molecule has 2 aliphatic rings. The van der Waals surface area contributed by atoms with Gasteiger partial charge in [-0.2, -0.15) is 0 Å². The molecule has 2 aromatic heterocycles. The smallest absolute Gasteiger partial charge is 0.228 e. The summed E-state index contributed by atoms with van der Waals surface area (Å²) in [5.41, 5.74) is 0. The van der Waals surface area contributed by atoms with Crippen molar-refractivity contribution in [2.75, 3.05) is 29.4 Å². The first-order chi connectivity index (χ1) is 13.2. The van der Waals surface area contributed by atoms with Crippen LogP contribution in [-0.2, 0) is 16.1 Å². The number of carbonyl (C=O) groups is 2. The van der Waals surface area contributed by atoms with Gasteiger partial charge in [0, 0.05) is 32.0 Å². The van der Waals surface area contributed by atoms with E-state index in [1.807, 2.05) is 12.1 Å². The maximum absolute atomic E-state index is 12.3. The SMILES string of the molecule is O=C(NCc1ccco1)C1CCN(c2nnc(N3CCCCC3=O)s2)CC1. The van der Waals surface area contributed by atoms with Crippen LogP contribution >= 0.6 is 11.3 Å². The second kappa shape index (κ2) is 8.08. The van der Waals surface area contributed by atoms with Crippen LogP contribution in [0.2, 0.25) is 0 Å². The summed E-state index contributed by atoms with van der Waals surface area (Å²) in [6.07, 6.45) is 5.72. The third kappa shape index (κ3) is 4.13. The van der Waals surface area contributed by atoms with Crippen LogP contribution in [-0.4, -0.2) is 41.6 Å². The molecule has 2 amide bonds. The molecule has 4 rings (SSSR count). The van der Waals surface area contributed by atoms with Crippen molar-refractivity contribution in [1.29, 1.82) is 0 Å². The van der Waals surface area contributed by atoms with Gasteiger partial charge in [0.15, 0.2) is 0 Å². The number of nitrogens with zero attached hydrogens (tertiary/aromatic N) is 4. The number of piperidine rings is 2. The fraction of sp³-hybridized carbons (Fsp3) is 0.556. The number of rotatable bonds is 5. The minimum Gasteiger partial charge on any atom is -0.467 e. The van der Waals surface area contributed by atoms with Gasteiger partial charge in [-0.15, -0.1) is 10.2 Å². The van der Waals surface area contributed by atoms with Crippen molar-refractivity contribution in [3.8, 4) is 0 Å². The maximum atomic E-state index is 12.3. The number of hydrogen-bond acceptors (Lipinski definition) is 7. The van der Waals surface area contributed by atoms with E-state index in [1.165, 1.54) is 11.3 Å². The van der Waals surface area contributed by atoms with Gasteiger partial charge in [-0.3, -0.25) is 14.5 Å². The van der Waals surface area contributed by atoms with Crippen molar-refractivity contribution in [3.63, 3.8) is 0 Å². The Morgan fingerprint density at radius 3 is 2.78 bits per heavy atom. The minimum absolute atomic E-state index is 0.00674. The molecule has 0 radical (unpaired) electrons. The van der Waals surface area contributed by atoms with Gasteiger partial charge in [-0.1, -0.05) is 11.3 Å². The van der Waals surface area contributed by atoms with Crippen LogP contribution in [0.4, 0.5) is 10.3 Å². The van der Waals surface area contributed by atoms with Crippen LogP contribution in [0.15, 0.2) is 22.8 Å². The Labute approximate surface area is 161 Å². The summed E-state index contributed by atoms with van der Waals surface area (Å²) >= 11 is 1.46. The van der Waals surface area contributed by atoms with Gasteiger partial charge in [0.1, 0.15) is 5.76 Å². The van der Waals surface area contributed by atoms with Crippen LogP contribution < -0.4 is 15.1 Å². The first-order valence-electron chi connectivity index (χ1n) is 9.39. The van der Waals surface area contributed by atoms with Gasteiger partial charge in [-0.05, 0) is 37.8 Å². The molecule has 0 atom stereocenters. The first kappa shape index (κ1) is 18.0. The lowest BCUT2D eigenvalue weighted by Gasteiger charge is -2.30. The highest BCUT2D eigenvalue weighted by atomic mass is 32.1. The van der Waals surface area contributed by atoms with E-state index in [9.17, 15) is 9.59 Å². The quantitative estimate of drug-likeness (QED) is 0.843. The van der Waals surface area contributed by atoms with Crippen molar-refractivity contribution >= 4 is 33.4 Å². The molecular weight excluding hydrogens is 366 g/mol. The number of furan rings is 1. The number of amides is 2. The van der Waals surface area contributed by atoms with E-state index >= 15 is 0 Å². The zero-order valence-electron chi connectivity index (χ0n) is 15.1. The molecule has 2 fully saturated rings. The van der Waals surface area contributed by atoms with E-state index in [2.05, 4.69) is 20.4 Å². The topological polar surface area (TPSA) is 91.6 Å². The van der Waals surface area contributed by atoms with Crippen LogP contribution in [0.1, 0.15) is 37.9 Å². The lowest BCUT2D eigenvalue weighted by molar-refractivity contribution is -0.125. The zero-order chi connectivity index (χ0) is 18.6. The Kier molecular flexibility index (Phi) is 5.38. The summed E-state index contributed by atoms with van der Waals surface area (Å²) < 4.78 is 5.24. The predicted molar refractivity (Wildman–Crippen MR) is 102 cm³/mol. The molecule has 2 aliphatic heterocycles. The van der Waals surface area contributed by atoms with Gasteiger partial charge in [0.25, 0.3) is 0 Å². The molecule has 0 aliphatic carbocycles. The molecule has 1 N–H and O–H groups in total. The van der Waals surface area contributed by atoms with E-state index in [4.69, 9.17) is 4.42 Å². The van der Waals surface area contributed by atoms with Crippen molar-refractivity contribution in [3.05, 3.63) is 24.2 Å². The average molecular weight is 389 g/mol. The Morgan fingerprint density at radius 2 is 2.04 bits per heavy atom. The first-order valence-corrected chi connectivity index (χ1v) is 10.2. The van der Waals surface area contributed by atoms with Crippen LogP contribution in [0.5, 0.6) is 0 Å². The second-order valence-electron chi connectivity index (χ2n) is 6.93. The van der Waals surface area contributed by atoms with Crippen LogP contribution in [0.3, 0.4) is 0 Å². The van der Waals surface area contributed by atoms with E-state index in [-0.39, 0.29) is 17.7 Å². The molecule has 9 heteroatoms. The number of anilines is 2. The molecule has 144 valence electrons. The largest absolute Gasteiger partial charge is 0.467 e. The molecule has 2 aromatic rings. The number of aromatic nitrogens is 2. The number of carbonyl (C=O) groups excluding carboxylic acids is 2. The third-order valence-corrected chi connectivity index (χ3v) is 6.12. The van der Waals surface area contributed by atoms with E-state index in [0.717, 1.165) is 56.2 Å². The molecule has 0 aromatic carbocycles. The Morgan fingerprint density at radius 1 is 1.22 bits per heavy atom. The third-order valence-electron chi connectivity index (χ3n) is 5.11. The summed E-state index contributed by atoms with van der Waals surface area (Å²) in [7, 11) is 0. The molecule has 2 saturated heterocycles. The summed E-state index contributed by atoms with van der Waals surface area (Å²) in [6, 6.07) is 3.66. The normalized spacial score (nSPS) is 18.7.